The molecule has 1 aromatic heterocycles. The van der Waals surface area contributed by atoms with Crippen LogP contribution in [0.4, 0.5) is 11.6 Å². The van der Waals surface area contributed by atoms with E-state index in [1.165, 1.54) is 44.9 Å². The van der Waals surface area contributed by atoms with Crippen molar-refractivity contribution in [3.05, 3.63) is 11.9 Å². The van der Waals surface area contributed by atoms with Gasteiger partial charge in [-0.25, -0.2) is 9.97 Å². The zero-order chi connectivity index (χ0) is 13.2. The van der Waals surface area contributed by atoms with Crippen molar-refractivity contribution in [2.24, 2.45) is 5.92 Å². The standard InChI is InChI=1S/C15H24N4/c1-10-3-2-4-12(8-5-10)17-14-9-13(16)18-15(19-14)11-6-7-11/h9-12H,2-8H2,1H3,(H3,16,17,18,19). The van der Waals surface area contributed by atoms with Crippen LogP contribution in [-0.4, -0.2) is 16.0 Å². The van der Waals surface area contributed by atoms with Gasteiger partial charge in [0.2, 0.25) is 0 Å². The number of nitrogens with one attached hydrogen (secondary N) is 1. The molecule has 4 heteroatoms. The summed E-state index contributed by atoms with van der Waals surface area (Å²) in [4.78, 5) is 8.98. The van der Waals surface area contributed by atoms with Crippen LogP contribution in [0.1, 0.15) is 63.6 Å². The highest BCUT2D eigenvalue weighted by Gasteiger charge is 2.27. The fourth-order valence-electron chi connectivity index (χ4n) is 2.92. The van der Waals surface area contributed by atoms with Gasteiger partial charge in [0.25, 0.3) is 0 Å². The van der Waals surface area contributed by atoms with E-state index in [9.17, 15) is 0 Å². The molecule has 0 bridgehead atoms. The molecule has 3 rings (SSSR count). The van der Waals surface area contributed by atoms with Gasteiger partial charge in [-0.05, 0) is 38.0 Å². The van der Waals surface area contributed by atoms with E-state index in [1.54, 1.807) is 0 Å². The van der Waals surface area contributed by atoms with Crippen LogP contribution in [0.15, 0.2) is 6.07 Å². The average Bonchev–Trinajstić information content (AvgIpc) is 3.18. The molecule has 0 saturated heterocycles. The van der Waals surface area contributed by atoms with Crippen molar-refractivity contribution in [3.8, 4) is 0 Å². The summed E-state index contributed by atoms with van der Waals surface area (Å²) in [5.74, 6) is 3.88. The van der Waals surface area contributed by atoms with E-state index >= 15 is 0 Å². The molecule has 2 atom stereocenters. The van der Waals surface area contributed by atoms with E-state index in [4.69, 9.17) is 5.73 Å². The maximum absolute atomic E-state index is 5.89. The number of hydrogen-bond donors (Lipinski definition) is 2. The summed E-state index contributed by atoms with van der Waals surface area (Å²) in [6.45, 7) is 2.36. The minimum atomic E-state index is 0.548. The first kappa shape index (κ1) is 12.7. The van der Waals surface area contributed by atoms with Gasteiger partial charge in [-0.15, -0.1) is 0 Å². The second-order valence-electron chi connectivity index (χ2n) is 6.27. The average molecular weight is 260 g/mol. The number of rotatable bonds is 3. The van der Waals surface area contributed by atoms with Crippen LogP contribution < -0.4 is 11.1 Å². The third kappa shape index (κ3) is 3.37. The Morgan fingerprint density at radius 2 is 1.95 bits per heavy atom. The number of nitrogen functional groups attached to an aromatic ring is 1. The first-order valence-electron chi connectivity index (χ1n) is 7.61. The van der Waals surface area contributed by atoms with Crippen molar-refractivity contribution in [3.63, 3.8) is 0 Å². The quantitative estimate of drug-likeness (QED) is 0.818. The third-order valence-corrected chi connectivity index (χ3v) is 4.32. The summed E-state index contributed by atoms with van der Waals surface area (Å²) in [5, 5.41) is 3.57. The lowest BCUT2D eigenvalue weighted by atomic mass is 10.0. The molecule has 0 radical (unpaired) electrons. The van der Waals surface area contributed by atoms with Crippen molar-refractivity contribution in [1.29, 1.82) is 0 Å². The van der Waals surface area contributed by atoms with Crippen molar-refractivity contribution in [2.75, 3.05) is 11.1 Å². The predicted octanol–water partition coefficient (Wildman–Crippen LogP) is 3.32. The van der Waals surface area contributed by atoms with Gasteiger partial charge in [0.1, 0.15) is 17.5 Å². The van der Waals surface area contributed by atoms with Crippen LogP contribution in [0.2, 0.25) is 0 Å². The highest BCUT2D eigenvalue weighted by Crippen LogP contribution is 2.38. The first-order chi connectivity index (χ1) is 9.20. The monoisotopic (exact) mass is 260 g/mol. The molecule has 4 nitrogen and oxygen atoms in total. The molecule has 1 aromatic rings. The smallest absolute Gasteiger partial charge is 0.136 e. The summed E-state index contributed by atoms with van der Waals surface area (Å²) < 4.78 is 0. The molecule has 3 N–H and O–H groups in total. The Morgan fingerprint density at radius 3 is 2.74 bits per heavy atom. The van der Waals surface area contributed by atoms with E-state index in [1.807, 2.05) is 6.07 Å². The highest BCUT2D eigenvalue weighted by molar-refractivity contribution is 5.46. The van der Waals surface area contributed by atoms with Crippen molar-refractivity contribution >= 4 is 11.6 Å². The van der Waals surface area contributed by atoms with Gasteiger partial charge in [0.05, 0.1) is 0 Å². The molecule has 104 valence electrons. The van der Waals surface area contributed by atoms with Gasteiger partial charge in [-0.1, -0.05) is 19.8 Å². The van der Waals surface area contributed by atoms with E-state index in [0.717, 1.165) is 17.6 Å². The fourth-order valence-corrected chi connectivity index (χ4v) is 2.92. The molecule has 2 saturated carbocycles. The molecule has 2 fully saturated rings. The summed E-state index contributed by atoms with van der Waals surface area (Å²) in [6, 6.07) is 2.42. The molecular formula is C15H24N4. The summed E-state index contributed by atoms with van der Waals surface area (Å²) in [5.41, 5.74) is 5.89. The molecular weight excluding hydrogens is 236 g/mol. The van der Waals surface area contributed by atoms with Crippen molar-refractivity contribution in [1.82, 2.24) is 9.97 Å². The summed E-state index contributed by atoms with van der Waals surface area (Å²) >= 11 is 0. The number of aromatic nitrogens is 2. The number of nitrogens with zero attached hydrogens (tertiary/aromatic N) is 2. The Hall–Kier alpha value is -1.32. The summed E-state index contributed by atoms with van der Waals surface area (Å²) in [6.07, 6.45) is 8.89. The topological polar surface area (TPSA) is 63.8 Å². The fraction of sp³-hybridized carbons (Fsp3) is 0.733. The van der Waals surface area contributed by atoms with Crippen LogP contribution in [0.3, 0.4) is 0 Å². The molecule has 0 amide bonds. The van der Waals surface area contributed by atoms with E-state index in [2.05, 4.69) is 22.2 Å². The van der Waals surface area contributed by atoms with E-state index in [-0.39, 0.29) is 0 Å². The highest BCUT2D eigenvalue weighted by atomic mass is 15.1. The maximum atomic E-state index is 5.89. The Morgan fingerprint density at radius 1 is 1.11 bits per heavy atom. The molecule has 2 aliphatic carbocycles. The van der Waals surface area contributed by atoms with Crippen LogP contribution >= 0.6 is 0 Å². The second-order valence-corrected chi connectivity index (χ2v) is 6.27. The minimum Gasteiger partial charge on any atom is -0.384 e. The predicted molar refractivity (Wildman–Crippen MR) is 78.1 cm³/mol. The van der Waals surface area contributed by atoms with Crippen LogP contribution in [0.25, 0.3) is 0 Å². The Labute approximate surface area is 115 Å². The van der Waals surface area contributed by atoms with E-state index < -0.39 is 0 Å². The Balaban J connectivity index is 1.68. The van der Waals surface area contributed by atoms with E-state index in [0.29, 0.717) is 17.8 Å². The number of nitrogens with two attached hydrogens (primary N) is 1. The summed E-state index contributed by atoms with van der Waals surface area (Å²) in [7, 11) is 0. The Bertz CT molecular complexity index is 442. The first-order valence-corrected chi connectivity index (χ1v) is 7.61. The lowest BCUT2D eigenvalue weighted by molar-refractivity contribution is 0.502. The van der Waals surface area contributed by atoms with Crippen molar-refractivity contribution in [2.45, 2.75) is 63.8 Å². The van der Waals surface area contributed by atoms with Crippen molar-refractivity contribution < 1.29 is 0 Å². The van der Waals surface area contributed by atoms with Gasteiger partial charge in [0.15, 0.2) is 0 Å². The van der Waals surface area contributed by atoms with Gasteiger partial charge < -0.3 is 11.1 Å². The lowest BCUT2D eigenvalue weighted by Gasteiger charge is -2.17. The van der Waals surface area contributed by atoms with Crippen LogP contribution in [0, 0.1) is 5.92 Å². The zero-order valence-corrected chi connectivity index (χ0v) is 11.7. The number of anilines is 2. The molecule has 1 heterocycles. The Kier molecular flexibility index (Phi) is 3.58. The van der Waals surface area contributed by atoms with Gasteiger partial charge in [0, 0.05) is 18.0 Å². The lowest BCUT2D eigenvalue weighted by Crippen LogP contribution is -2.20. The maximum Gasteiger partial charge on any atom is 0.136 e. The molecule has 0 aromatic carbocycles. The molecule has 0 aliphatic heterocycles. The van der Waals surface area contributed by atoms with Crippen LogP contribution in [-0.2, 0) is 0 Å². The largest absolute Gasteiger partial charge is 0.384 e. The van der Waals surface area contributed by atoms with Gasteiger partial charge >= 0.3 is 0 Å². The minimum absolute atomic E-state index is 0.548. The molecule has 2 aliphatic rings. The molecule has 0 spiro atoms. The normalized spacial score (nSPS) is 27.8. The number of hydrogen-bond acceptors (Lipinski definition) is 4. The molecule has 19 heavy (non-hydrogen) atoms. The second kappa shape index (κ2) is 5.35. The van der Waals surface area contributed by atoms with Gasteiger partial charge in [-0.2, -0.15) is 0 Å². The van der Waals surface area contributed by atoms with Gasteiger partial charge in [-0.3, -0.25) is 0 Å². The third-order valence-electron chi connectivity index (χ3n) is 4.32. The zero-order valence-electron chi connectivity index (χ0n) is 11.7. The molecule has 2 unspecified atom stereocenters. The SMILES string of the molecule is CC1CCCC(Nc2cc(N)nc(C3CC3)n2)CC1. The van der Waals surface area contributed by atoms with Crippen LogP contribution in [0.5, 0.6) is 0 Å².